The van der Waals surface area contributed by atoms with Crippen LogP contribution in [-0.2, 0) is 9.59 Å². The van der Waals surface area contributed by atoms with Crippen LogP contribution in [-0.4, -0.2) is 27.3 Å². The minimum absolute atomic E-state index is 0.439. The SMILES string of the molecule is O=C(O)/C=C(\O)CC(=O)O. The van der Waals surface area contributed by atoms with Gasteiger partial charge in [0.15, 0.2) is 0 Å². The van der Waals surface area contributed by atoms with Crippen molar-refractivity contribution < 1.29 is 24.9 Å². The molecule has 0 aromatic rings. The van der Waals surface area contributed by atoms with Gasteiger partial charge in [-0.05, 0) is 0 Å². The normalized spacial score (nSPS) is 11.0. The average Bonchev–Trinajstić information content (AvgIpc) is 1.58. The summed E-state index contributed by atoms with van der Waals surface area (Å²) < 4.78 is 0. The van der Waals surface area contributed by atoms with Crippen LogP contribution in [0.15, 0.2) is 11.8 Å². The van der Waals surface area contributed by atoms with E-state index in [1.54, 1.807) is 0 Å². The van der Waals surface area contributed by atoms with Crippen molar-refractivity contribution in [2.75, 3.05) is 0 Å². The molecule has 0 fully saturated rings. The maximum Gasteiger partial charge on any atom is 0.331 e. The number of carboxylic acids is 2. The van der Waals surface area contributed by atoms with E-state index in [2.05, 4.69) is 0 Å². The Labute approximate surface area is 56.2 Å². The van der Waals surface area contributed by atoms with E-state index >= 15 is 0 Å². The van der Waals surface area contributed by atoms with Crippen molar-refractivity contribution in [2.45, 2.75) is 6.42 Å². The lowest BCUT2D eigenvalue weighted by atomic mass is 10.3. The topological polar surface area (TPSA) is 94.8 Å². The first-order chi connectivity index (χ1) is 4.52. The van der Waals surface area contributed by atoms with Gasteiger partial charge in [-0.25, -0.2) is 4.79 Å². The molecule has 0 bridgehead atoms. The Morgan fingerprint density at radius 3 is 2.00 bits per heavy atom. The van der Waals surface area contributed by atoms with E-state index in [-0.39, 0.29) is 0 Å². The van der Waals surface area contributed by atoms with Gasteiger partial charge in [-0.15, -0.1) is 0 Å². The fourth-order valence-electron chi connectivity index (χ4n) is 0.349. The largest absolute Gasteiger partial charge is 0.511 e. The molecule has 0 atom stereocenters. The predicted octanol–water partition coefficient (Wildman–Crippen LogP) is -0.0124. The molecule has 56 valence electrons. The van der Waals surface area contributed by atoms with Crippen molar-refractivity contribution in [3.8, 4) is 0 Å². The van der Waals surface area contributed by atoms with Gasteiger partial charge in [0.05, 0.1) is 6.08 Å². The summed E-state index contributed by atoms with van der Waals surface area (Å²) in [5.41, 5.74) is 0. The van der Waals surface area contributed by atoms with Crippen molar-refractivity contribution in [3.63, 3.8) is 0 Å². The summed E-state index contributed by atoms with van der Waals surface area (Å²) in [4.78, 5) is 19.6. The number of aliphatic hydroxyl groups excluding tert-OH is 1. The molecule has 0 heterocycles. The first-order valence-corrected chi connectivity index (χ1v) is 2.36. The lowest BCUT2D eigenvalue weighted by Crippen LogP contribution is -1.99. The van der Waals surface area contributed by atoms with E-state index in [0.717, 1.165) is 0 Å². The highest BCUT2D eigenvalue weighted by atomic mass is 16.4. The van der Waals surface area contributed by atoms with Crippen molar-refractivity contribution in [1.82, 2.24) is 0 Å². The molecule has 0 unspecified atom stereocenters. The second-order valence-electron chi connectivity index (χ2n) is 1.54. The van der Waals surface area contributed by atoms with Gasteiger partial charge < -0.3 is 15.3 Å². The first-order valence-electron chi connectivity index (χ1n) is 2.36. The van der Waals surface area contributed by atoms with Crippen molar-refractivity contribution in [3.05, 3.63) is 11.8 Å². The third kappa shape index (κ3) is 4.63. The Kier molecular flexibility index (Phi) is 2.96. The van der Waals surface area contributed by atoms with Gasteiger partial charge in [0.2, 0.25) is 0 Å². The van der Waals surface area contributed by atoms with E-state index in [0.29, 0.717) is 6.08 Å². The highest BCUT2D eigenvalue weighted by molar-refractivity contribution is 5.81. The zero-order chi connectivity index (χ0) is 8.15. The zero-order valence-electron chi connectivity index (χ0n) is 4.94. The van der Waals surface area contributed by atoms with Crippen molar-refractivity contribution >= 4 is 11.9 Å². The van der Waals surface area contributed by atoms with E-state index in [4.69, 9.17) is 15.3 Å². The van der Waals surface area contributed by atoms with Crippen LogP contribution >= 0.6 is 0 Å². The van der Waals surface area contributed by atoms with Crippen LogP contribution in [0, 0.1) is 0 Å². The highest BCUT2D eigenvalue weighted by Crippen LogP contribution is 1.94. The van der Waals surface area contributed by atoms with Gasteiger partial charge in [-0.1, -0.05) is 0 Å². The summed E-state index contributed by atoms with van der Waals surface area (Å²) >= 11 is 0. The molecule has 0 aliphatic carbocycles. The third-order valence-corrected chi connectivity index (χ3v) is 0.622. The number of hydrogen-bond donors (Lipinski definition) is 3. The van der Waals surface area contributed by atoms with Gasteiger partial charge >= 0.3 is 11.9 Å². The molecular formula is C5H6O5. The molecule has 0 amide bonds. The van der Waals surface area contributed by atoms with Gasteiger partial charge in [-0.2, -0.15) is 0 Å². The van der Waals surface area contributed by atoms with Crippen LogP contribution in [0.3, 0.4) is 0 Å². The summed E-state index contributed by atoms with van der Waals surface area (Å²) in [6.07, 6.45) is -0.222. The van der Waals surface area contributed by atoms with Gasteiger partial charge in [-0.3, -0.25) is 4.79 Å². The summed E-state index contributed by atoms with van der Waals surface area (Å²) in [5, 5.41) is 24.5. The third-order valence-electron chi connectivity index (χ3n) is 0.622. The van der Waals surface area contributed by atoms with E-state index in [1.807, 2.05) is 0 Å². The summed E-state index contributed by atoms with van der Waals surface area (Å²) in [5.74, 6) is -3.30. The van der Waals surface area contributed by atoms with Crippen LogP contribution < -0.4 is 0 Å². The van der Waals surface area contributed by atoms with E-state index in [1.165, 1.54) is 0 Å². The Bertz CT molecular complexity index is 180. The minimum atomic E-state index is -1.36. The Morgan fingerprint density at radius 2 is 1.70 bits per heavy atom. The molecule has 10 heavy (non-hydrogen) atoms. The van der Waals surface area contributed by atoms with E-state index in [9.17, 15) is 9.59 Å². The summed E-state index contributed by atoms with van der Waals surface area (Å²) in [6.45, 7) is 0. The number of aliphatic hydroxyl groups is 1. The highest BCUT2D eigenvalue weighted by Gasteiger charge is 2.02. The zero-order valence-corrected chi connectivity index (χ0v) is 4.94. The maximum absolute atomic E-state index is 9.80. The van der Waals surface area contributed by atoms with Crippen LogP contribution in [0.25, 0.3) is 0 Å². The maximum atomic E-state index is 9.80. The first kappa shape index (κ1) is 8.48. The fourth-order valence-corrected chi connectivity index (χ4v) is 0.349. The van der Waals surface area contributed by atoms with Crippen molar-refractivity contribution in [2.24, 2.45) is 0 Å². The predicted molar refractivity (Wildman–Crippen MR) is 30.6 cm³/mol. The number of aliphatic carboxylic acids is 2. The Balaban J connectivity index is 3.95. The molecule has 0 spiro atoms. The Morgan fingerprint density at radius 1 is 1.20 bits per heavy atom. The molecule has 0 radical (unpaired) electrons. The molecule has 0 aliphatic rings. The molecule has 0 saturated heterocycles. The van der Waals surface area contributed by atoms with Gasteiger partial charge in [0.1, 0.15) is 12.2 Å². The van der Waals surface area contributed by atoms with Crippen LogP contribution in [0.5, 0.6) is 0 Å². The lowest BCUT2D eigenvalue weighted by molar-refractivity contribution is -0.136. The molecule has 0 aromatic carbocycles. The molecule has 0 aliphatic heterocycles. The quantitative estimate of drug-likeness (QED) is 0.384. The minimum Gasteiger partial charge on any atom is -0.511 e. The molecular weight excluding hydrogens is 140 g/mol. The van der Waals surface area contributed by atoms with Crippen molar-refractivity contribution in [1.29, 1.82) is 0 Å². The number of hydrogen-bond acceptors (Lipinski definition) is 3. The van der Waals surface area contributed by atoms with Crippen LogP contribution in [0.4, 0.5) is 0 Å². The lowest BCUT2D eigenvalue weighted by Gasteiger charge is -1.90. The smallest absolute Gasteiger partial charge is 0.331 e. The number of carbonyl (C=O) groups is 2. The molecule has 5 nitrogen and oxygen atoms in total. The molecule has 0 saturated carbocycles. The van der Waals surface area contributed by atoms with Crippen LogP contribution in [0.2, 0.25) is 0 Å². The molecule has 0 aromatic heterocycles. The Hall–Kier alpha value is -1.52. The monoisotopic (exact) mass is 146 g/mol. The molecule has 3 N–H and O–H groups in total. The summed E-state index contributed by atoms with van der Waals surface area (Å²) in [6, 6.07) is 0. The summed E-state index contributed by atoms with van der Waals surface area (Å²) in [7, 11) is 0. The fraction of sp³-hybridized carbons (Fsp3) is 0.200. The standard InChI is InChI=1S/C5H6O5/c6-3(1-4(7)8)2-5(9)10/h1,6H,2H2,(H,7,8)(H,9,10)/b3-1-. The molecule has 0 rings (SSSR count). The number of rotatable bonds is 3. The van der Waals surface area contributed by atoms with E-state index < -0.39 is 24.1 Å². The van der Waals surface area contributed by atoms with Gasteiger partial charge in [0.25, 0.3) is 0 Å². The second-order valence-corrected chi connectivity index (χ2v) is 1.54. The average molecular weight is 146 g/mol. The second kappa shape index (κ2) is 3.49. The number of carboxylic acid groups (broad SMARTS) is 2. The van der Waals surface area contributed by atoms with Gasteiger partial charge in [0, 0.05) is 0 Å². The molecule has 5 heteroatoms. The van der Waals surface area contributed by atoms with Crippen LogP contribution in [0.1, 0.15) is 6.42 Å².